The molecule has 0 heterocycles. The molecule has 3 heteroatoms. The maximum atomic E-state index is 4.53. The summed E-state index contributed by atoms with van der Waals surface area (Å²) in [4.78, 5) is 2.09. The minimum absolute atomic E-state index is 0.893. The first-order chi connectivity index (χ1) is 14.2. The van der Waals surface area contributed by atoms with Gasteiger partial charge in [0.2, 0.25) is 0 Å². The van der Waals surface area contributed by atoms with Gasteiger partial charge in [0.05, 0.1) is 11.4 Å². The highest BCUT2D eigenvalue weighted by atomic mass is 15.1. The summed E-state index contributed by atoms with van der Waals surface area (Å²) in [5.41, 5.74) is 4.37. The van der Waals surface area contributed by atoms with Gasteiger partial charge in [0, 0.05) is 19.8 Å². The zero-order valence-electron chi connectivity index (χ0n) is 18.7. The van der Waals surface area contributed by atoms with E-state index in [1.807, 2.05) is 32.3 Å². The zero-order valence-corrected chi connectivity index (χ0v) is 18.7. The van der Waals surface area contributed by atoms with E-state index in [9.17, 15) is 0 Å². The van der Waals surface area contributed by atoms with Crippen molar-refractivity contribution in [3.8, 4) is 0 Å². The first kappa shape index (κ1) is 23.1. The topological polar surface area (TPSA) is 28.0 Å². The van der Waals surface area contributed by atoms with Crippen LogP contribution in [0.25, 0.3) is 0 Å². The van der Waals surface area contributed by atoms with E-state index >= 15 is 0 Å². The van der Waals surface area contributed by atoms with Gasteiger partial charge in [-0.3, -0.25) is 0 Å². The summed E-state index contributed by atoms with van der Waals surface area (Å²) in [6.07, 6.45) is 14.8. The van der Waals surface area contributed by atoms with Crippen molar-refractivity contribution in [1.29, 1.82) is 0 Å². The van der Waals surface area contributed by atoms with Gasteiger partial charge in [0.1, 0.15) is 0 Å². The lowest BCUT2D eigenvalue weighted by molar-refractivity contribution is 0.556. The molecule has 0 atom stereocenters. The third kappa shape index (κ3) is 9.25. The predicted molar refractivity (Wildman–Crippen MR) is 127 cm³/mol. The molecule has 0 spiro atoms. The van der Waals surface area contributed by atoms with Gasteiger partial charge in [0.15, 0.2) is 0 Å². The van der Waals surface area contributed by atoms with Crippen molar-refractivity contribution >= 4 is 17.1 Å². The quantitative estimate of drug-likeness (QED) is 0.233. The van der Waals surface area contributed by atoms with Crippen LogP contribution >= 0.6 is 0 Å². The van der Waals surface area contributed by atoms with Crippen molar-refractivity contribution in [1.82, 2.24) is 0 Å². The molecule has 2 rings (SSSR count). The smallest absolute Gasteiger partial charge is 0.0889 e. The molecule has 0 saturated heterocycles. The largest absolute Gasteiger partial charge is 0.378 e. The molecule has 0 aliphatic heterocycles. The standard InChI is InChI=1S/C26H39N3/c1-4-5-6-7-8-9-10-11-12-13-16-23-17-14-15-18-26(23)28-27-24-19-21-25(22-20-24)29(2)3/h14-15,17-22H,4-13,16H2,1-3H3. The third-order valence-electron chi connectivity index (χ3n) is 5.43. The van der Waals surface area contributed by atoms with Crippen LogP contribution in [0.3, 0.4) is 0 Å². The van der Waals surface area contributed by atoms with E-state index in [0.29, 0.717) is 0 Å². The molecule has 0 aliphatic rings. The average molecular weight is 394 g/mol. The van der Waals surface area contributed by atoms with Crippen LogP contribution in [0.5, 0.6) is 0 Å². The fourth-order valence-electron chi connectivity index (χ4n) is 3.55. The number of hydrogen-bond acceptors (Lipinski definition) is 3. The summed E-state index contributed by atoms with van der Waals surface area (Å²) in [6.45, 7) is 2.28. The van der Waals surface area contributed by atoms with Crippen LogP contribution < -0.4 is 4.90 Å². The van der Waals surface area contributed by atoms with E-state index in [2.05, 4.69) is 52.4 Å². The monoisotopic (exact) mass is 393 g/mol. The van der Waals surface area contributed by atoms with E-state index in [1.54, 1.807) is 0 Å². The Morgan fingerprint density at radius 2 is 1.24 bits per heavy atom. The van der Waals surface area contributed by atoms with Gasteiger partial charge < -0.3 is 4.90 Å². The second kappa shape index (κ2) is 13.9. The van der Waals surface area contributed by atoms with E-state index in [4.69, 9.17) is 0 Å². The van der Waals surface area contributed by atoms with E-state index in [-0.39, 0.29) is 0 Å². The Hall–Kier alpha value is -2.16. The SMILES string of the molecule is CCCCCCCCCCCCc1ccccc1N=Nc1ccc(N(C)C)cc1. The van der Waals surface area contributed by atoms with Gasteiger partial charge in [-0.15, -0.1) is 0 Å². The Labute approximate surface area is 178 Å². The number of nitrogens with zero attached hydrogens (tertiary/aromatic N) is 3. The highest BCUT2D eigenvalue weighted by Crippen LogP contribution is 2.25. The lowest BCUT2D eigenvalue weighted by Crippen LogP contribution is -2.07. The Kier molecular flexibility index (Phi) is 11.1. The molecule has 0 aromatic heterocycles. The normalized spacial score (nSPS) is 11.3. The van der Waals surface area contributed by atoms with Gasteiger partial charge in [-0.25, -0.2) is 0 Å². The van der Waals surface area contributed by atoms with Gasteiger partial charge >= 0.3 is 0 Å². The van der Waals surface area contributed by atoms with Crippen LogP contribution in [0.4, 0.5) is 17.1 Å². The molecule has 0 amide bonds. The highest BCUT2D eigenvalue weighted by Gasteiger charge is 2.02. The summed E-state index contributed by atoms with van der Waals surface area (Å²) >= 11 is 0. The molecule has 0 N–H and O–H groups in total. The molecule has 3 nitrogen and oxygen atoms in total. The zero-order chi connectivity index (χ0) is 20.7. The minimum atomic E-state index is 0.893. The Morgan fingerprint density at radius 3 is 1.86 bits per heavy atom. The van der Waals surface area contributed by atoms with Crippen molar-refractivity contribution in [2.24, 2.45) is 10.2 Å². The van der Waals surface area contributed by atoms with Crippen LogP contribution in [-0.4, -0.2) is 14.1 Å². The minimum Gasteiger partial charge on any atom is -0.378 e. The van der Waals surface area contributed by atoms with E-state index in [0.717, 1.165) is 17.8 Å². The van der Waals surface area contributed by atoms with Gasteiger partial charge in [0.25, 0.3) is 0 Å². The van der Waals surface area contributed by atoms with Gasteiger partial charge in [-0.1, -0.05) is 82.9 Å². The molecule has 0 saturated carbocycles. The first-order valence-corrected chi connectivity index (χ1v) is 11.5. The summed E-state index contributed by atoms with van der Waals surface area (Å²) in [6, 6.07) is 16.6. The molecule has 29 heavy (non-hydrogen) atoms. The predicted octanol–water partition coefficient (Wildman–Crippen LogP) is 8.63. The van der Waals surface area contributed by atoms with Crippen molar-refractivity contribution in [3.05, 3.63) is 54.1 Å². The maximum absolute atomic E-state index is 4.53. The van der Waals surface area contributed by atoms with Crippen LogP contribution in [0.1, 0.15) is 76.7 Å². The summed E-state index contributed by atoms with van der Waals surface area (Å²) in [7, 11) is 4.08. The van der Waals surface area contributed by atoms with Crippen molar-refractivity contribution in [2.75, 3.05) is 19.0 Å². The molecule has 0 bridgehead atoms. The second-order valence-electron chi connectivity index (χ2n) is 8.17. The summed E-state index contributed by atoms with van der Waals surface area (Å²) in [5.74, 6) is 0. The number of rotatable bonds is 14. The van der Waals surface area contributed by atoms with E-state index < -0.39 is 0 Å². The second-order valence-corrected chi connectivity index (χ2v) is 8.17. The van der Waals surface area contributed by atoms with E-state index in [1.165, 1.54) is 75.5 Å². The van der Waals surface area contributed by atoms with Crippen LogP contribution in [-0.2, 0) is 6.42 Å². The Balaban J connectivity index is 1.73. The molecule has 2 aromatic rings. The molecular formula is C26H39N3. The lowest BCUT2D eigenvalue weighted by Gasteiger charge is -2.11. The Morgan fingerprint density at radius 1 is 0.655 bits per heavy atom. The molecule has 0 aliphatic carbocycles. The lowest BCUT2D eigenvalue weighted by atomic mass is 10.0. The number of hydrogen-bond donors (Lipinski definition) is 0. The fraction of sp³-hybridized carbons (Fsp3) is 0.538. The maximum Gasteiger partial charge on any atom is 0.0889 e. The van der Waals surface area contributed by atoms with Gasteiger partial charge in [-0.05, 0) is 48.7 Å². The number of azo groups is 1. The summed E-state index contributed by atoms with van der Waals surface area (Å²) in [5, 5.41) is 8.97. The molecule has 158 valence electrons. The third-order valence-corrected chi connectivity index (χ3v) is 5.43. The number of benzene rings is 2. The first-order valence-electron chi connectivity index (χ1n) is 11.5. The molecule has 0 radical (unpaired) electrons. The average Bonchev–Trinajstić information content (AvgIpc) is 2.74. The van der Waals surface area contributed by atoms with Gasteiger partial charge in [-0.2, -0.15) is 10.2 Å². The number of unbranched alkanes of at least 4 members (excludes halogenated alkanes) is 9. The Bertz CT molecular complexity index is 704. The van der Waals surface area contributed by atoms with Crippen molar-refractivity contribution < 1.29 is 0 Å². The van der Waals surface area contributed by atoms with Crippen LogP contribution in [0.2, 0.25) is 0 Å². The molecule has 2 aromatic carbocycles. The number of aryl methyl sites for hydroxylation is 1. The van der Waals surface area contributed by atoms with Crippen molar-refractivity contribution in [2.45, 2.75) is 77.6 Å². The van der Waals surface area contributed by atoms with Crippen LogP contribution in [0, 0.1) is 0 Å². The molecular weight excluding hydrogens is 354 g/mol. The fourth-order valence-corrected chi connectivity index (χ4v) is 3.55. The number of anilines is 1. The van der Waals surface area contributed by atoms with Crippen molar-refractivity contribution in [3.63, 3.8) is 0 Å². The molecule has 0 unspecified atom stereocenters. The van der Waals surface area contributed by atoms with Crippen LogP contribution in [0.15, 0.2) is 58.8 Å². The summed E-state index contributed by atoms with van der Waals surface area (Å²) < 4.78 is 0. The highest BCUT2D eigenvalue weighted by molar-refractivity contribution is 5.52. The molecule has 0 fully saturated rings.